The predicted octanol–water partition coefficient (Wildman–Crippen LogP) is 0.633. The van der Waals surface area contributed by atoms with E-state index in [1.807, 2.05) is 4.90 Å². The predicted molar refractivity (Wildman–Crippen MR) is 57.0 cm³/mol. The minimum absolute atomic E-state index is 0.0759. The average molecular weight is 199 g/mol. The summed E-state index contributed by atoms with van der Waals surface area (Å²) in [7, 11) is 0. The van der Waals surface area contributed by atoms with Crippen molar-refractivity contribution in [1.29, 1.82) is 0 Å². The molecule has 14 heavy (non-hydrogen) atoms. The molecule has 1 aliphatic heterocycles. The van der Waals surface area contributed by atoms with Gasteiger partial charge < -0.3 is 16.0 Å². The largest absolute Gasteiger partial charge is 0.338 e. The van der Waals surface area contributed by atoms with Gasteiger partial charge in [-0.05, 0) is 24.8 Å². The highest BCUT2D eigenvalue weighted by atomic mass is 16.2. The summed E-state index contributed by atoms with van der Waals surface area (Å²) >= 11 is 0. The van der Waals surface area contributed by atoms with Gasteiger partial charge in [0.05, 0.1) is 0 Å². The quantitative estimate of drug-likeness (QED) is 0.698. The van der Waals surface area contributed by atoms with Gasteiger partial charge in [-0.3, -0.25) is 0 Å². The average Bonchev–Trinajstić information content (AvgIpc) is 2.10. The van der Waals surface area contributed by atoms with E-state index >= 15 is 0 Å². The smallest absolute Gasteiger partial charge is 0.317 e. The van der Waals surface area contributed by atoms with Crippen LogP contribution in [0.5, 0.6) is 0 Å². The Morgan fingerprint density at radius 2 is 2.36 bits per heavy atom. The number of carbonyl (C=O) groups is 1. The van der Waals surface area contributed by atoms with Crippen molar-refractivity contribution in [3.05, 3.63) is 0 Å². The number of hydrogen-bond donors (Lipinski definition) is 2. The normalized spacial score (nSPS) is 22.7. The molecule has 0 saturated carbocycles. The van der Waals surface area contributed by atoms with Gasteiger partial charge >= 0.3 is 6.03 Å². The Hall–Kier alpha value is -0.770. The molecule has 0 aliphatic carbocycles. The van der Waals surface area contributed by atoms with Crippen molar-refractivity contribution in [2.75, 3.05) is 26.2 Å². The van der Waals surface area contributed by atoms with Gasteiger partial charge in [0.1, 0.15) is 0 Å². The standard InChI is InChI=1S/C10H21N3O/c1-8(2)6-13-7-9(3-4-11)5-12-10(13)14/h8-9H,3-7,11H2,1-2H3,(H,12,14). The molecular weight excluding hydrogens is 178 g/mol. The lowest BCUT2D eigenvalue weighted by Crippen LogP contribution is -2.52. The Labute approximate surface area is 85.8 Å². The highest BCUT2D eigenvalue weighted by Gasteiger charge is 2.24. The van der Waals surface area contributed by atoms with Gasteiger partial charge in [-0.1, -0.05) is 13.8 Å². The number of nitrogens with two attached hydrogens (primary N) is 1. The number of hydrogen-bond acceptors (Lipinski definition) is 2. The SMILES string of the molecule is CC(C)CN1CC(CCN)CNC1=O. The van der Waals surface area contributed by atoms with Crippen LogP contribution in [-0.4, -0.2) is 37.1 Å². The van der Waals surface area contributed by atoms with Gasteiger partial charge in [-0.2, -0.15) is 0 Å². The third-order valence-electron chi connectivity index (χ3n) is 2.47. The molecule has 1 heterocycles. The van der Waals surface area contributed by atoms with Gasteiger partial charge in [0, 0.05) is 19.6 Å². The van der Waals surface area contributed by atoms with E-state index in [1.54, 1.807) is 0 Å². The van der Waals surface area contributed by atoms with E-state index < -0.39 is 0 Å². The number of nitrogens with zero attached hydrogens (tertiary/aromatic N) is 1. The first-order valence-corrected chi connectivity index (χ1v) is 5.36. The van der Waals surface area contributed by atoms with Crippen LogP contribution in [0.15, 0.2) is 0 Å². The van der Waals surface area contributed by atoms with E-state index in [0.717, 1.165) is 26.1 Å². The molecule has 0 radical (unpaired) electrons. The summed E-state index contributed by atoms with van der Waals surface area (Å²) in [5.41, 5.74) is 5.51. The van der Waals surface area contributed by atoms with Crippen LogP contribution in [0.25, 0.3) is 0 Å². The summed E-state index contributed by atoms with van der Waals surface area (Å²) in [4.78, 5) is 13.4. The number of rotatable bonds is 4. The van der Waals surface area contributed by atoms with Crippen LogP contribution in [0.2, 0.25) is 0 Å². The highest BCUT2D eigenvalue weighted by Crippen LogP contribution is 2.11. The van der Waals surface area contributed by atoms with Crippen molar-refractivity contribution >= 4 is 6.03 Å². The monoisotopic (exact) mass is 199 g/mol. The Kier molecular flexibility index (Phi) is 4.20. The second kappa shape index (κ2) is 5.20. The molecule has 1 fully saturated rings. The van der Waals surface area contributed by atoms with Crippen molar-refractivity contribution in [2.24, 2.45) is 17.6 Å². The molecule has 0 bridgehead atoms. The maximum atomic E-state index is 11.5. The van der Waals surface area contributed by atoms with E-state index in [-0.39, 0.29) is 6.03 Å². The maximum Gasteiger partial charge on any atom is 0.317 e. The lowest BCUT2D eigenvalue weighted by molar-refractivity contribution is 0.157. The highest BCUT2D eigenvalue weighted by molar-refractivity contribution is 5.74. The number of amides is 2. The number of carbonyl (C=O) groups excluding carboxylic acids is 1. The third-order valence-corrected chi connectivity index (χ3v) is 2.47. The minimum Gasteiger partial charge on any atom is -0.338 e. The molecule has 1 rings (SSSR count). The molecule has 0 spiro atoms. The first-order valence-electron chi connectivity index (χ1n) is 5.36. The van der Waals surface area contributed by atoms with Crippen LogP contribution in [0.3, 0.4) is 0 Å². The Morgan fingerprint density at radius 3 is 2.93 bits per heavy atom. The van der Waals surface area contributed by atoms with E-state index in [2.05, 4.69) is 19.2 Å². The summed E-state index contributed by atoms with van der Waals surface area (Å²) in [5, 5.41) is 2.90. The van der Waals surface area contributed by atoms with Gasteiger partial charge in [0.25, 0.3) is 0 Å². The zero-order valence-electron chi connectivity index (χ0n) is 9.12. The van der Waals surface area contributed by atoms with Gasteiger partial charge in [0.2, 0.25) is 0 Å². The molecule has 1 atom stereocenters. The first kappa shape index (κ1) is 11.3. The summed E-state index contributed by atoms with van der Waals surface area (Å²) in [6.07, 6.45) is 0.995. The van der Waals surface area contributed by atoms with Crippen LogP contribution in [0.1, 0.15) is 20.3 Å². The van der Waals surface area contributed by atoms with Crippen molar-refractivity contribution in [3.8, 4) is 0 Å². The Balaban J connectivity index is 2.42. The van der Waals surface area contributed by atoms with Crippen molar-refractivity contribution in [1.82, 2.24) is 10.2 Å². The molecule has 4 nitrogen and oxygen atoms in total. The number of nitrogens with one attached hydrogen (secondary N) is 1. The molecule has 3 N–H and O–H groups in total. The molecule has 0 aromatic carbocycles. The first-order chi connectivity index (χ1) is 6.63. The lowest BCUT2D eigenvalue weighted by atomic mass is 10.0. The molecular formula is C10H21N3O. The van der Waals surface area contributed by atoms with Crippen LogP contribution in [0, 0.1) is 11.8 Å². The molecule has 1 saturated heterocycles. The molecule has 1 unspecified atom stereocenters. The fourth-order valence-corrected chi connectivity index (χ4v) is 1.83. The van der Waals surface area contributed by atoms with Crippen molar-refractivity contribution in [2.45, 2.75) is 20.3 Å². The van der Waals surface area contributed by atoms with E-state index in [0.29, 0.717) is 18.4 Å². The molecule has 0 aromatic rings. The van der Waals surface area contributed by atoms with E-state index in [1.165, 1.54) is 0 Å². The molecule has 82 valence electrons. The molecule has 0 aromatic heterocycles. The Bertz CT molecular complexity index is 194. The zero-order chi connectivity index (χ0) is 10.6. The van der Waals surface area contributed by atoms with Crippen LogP contribution in [-0.2, 0) is 0 Å². The molecule has 4 heteroatoms. The molecule has 2 amide bonds. The van der Waals surface area contributed by atoms with Crippen LogP contribution < -0.4 is 11.1 Å². The third kappa shape index (κ3) is 3.18. The fourth-order valence-electron chi connectivity index (χ4n) is 1.83. The maximum absolute atomic E-state index is 11.5. The van der Waals surface area contributed by atoms with Crippen LogP contribution in [0.4, 0.5) is 4.79 Å². The zero-order valence-corrected chi connectivity index (χ0v) is 9.12. The summed E-state index contributed by atoms with van der Waals surface area (Å²) in [6.45, 7) is 7.44. The Morgan fingerprint density at radius 1 is 1.64 bits per heavy atom. The van der Waals surface area contributed by atoms with Gasteiger partial charge in [-0.25, -0.2) is 4.79 Å². The summed E-state index contributed by atoms with van der Waals surface area (Å²) < 4.78 is 0. The van der Waals surface area contributed by atoms with E-state index in [9.17, 15) is 4.79 Å². The second-order valence-corrected chi connectivity index (χ2v) is 4.43. The second-order valence-electron chi connectivity index (χ2n) is 4.43. The van der Waals surface area contributed by atoms with Crippen LogP contribution >= 0.6 is 0 Å². The molecule has 1 aliphatic rings. The van der Waals surface area contributed by atoms with Crippen molar-refractivity contribution < 1.29 is 4.79 Å². The van der Waals surface area contributed by atoms with E-state index in [4.69, 9.17) is 5.73 Å². The van der Waals surface area contributed by atoms with Crippen molar-refractivity contribution in [3.63, 3.8) is 0 Å². The summed E-state index contributed by atoms with van der Waals surface area (Å²) in [6, 6.07) is 0.0759. The topological polar surface area (TPSA) is 58.4 Å². The minimum atomic E-state index is 0.0759. The summed E-state index contributed by atoms with van der Waals surface area (Å²) in [5.74, 6) is 1.05. The number of urea groups is 1. The lowest BCUT2D eigenvalue weighted by Gasteiger charge is -2.34. The van der Waals surface area contributed by atoms with Gasteiger partial charge in [0.15, 0.2) is 0 Å². The van der Waals surface area contributed by atoms with Gasteiger partial charge in [-0.15, -0.1) is 0 Å². The fraction of sp³-hybridized carbons (Fsp3) is 0.900.